The molecule has 0 atom stereocenters. The number of nitrogens with zero attached hydrogens (tertiary/aromatic N) is 2. The zero-order valence-corrected chi connectivity index (χ0v) is 9.76. The van der Waals surface area contributed by atoms with Crippen molar-refractivity contribution in [3.8, 4) is 0 Å². The molecule has 2 aromatic rings. The molecule has 0 radical (unpaired) electrons. The van der Waals surface area contributed by atoms with Crippen molar-refractivity contribution in [2.75, 3.05) is 11.4 Å². The van der Waals surface area contributed by atoms with Crippen molar-refractivity contribution in [1.82, 2.24) is 10.2 Å². The third-order valence-electron chi connectivity index (χ3n) is 3.28. The van der Waals surface area contributed by atoms with E-state index in [0.717, 1.165) is 13.0 Å². The number of carboxylic acid groups (broad SMARTS) is 1. The molecule has 1 aliphatic heterocycles. The maximum atomic E-state index is 11.0. The Labute approximate surface area is 104 Å². The van der Waals surface area contributed by atoms with Gasteiger partial charge in [-0.25, -0.2) is 4.79 Å². The SMILES string of the molecule is O=C(O)c1cn[nH]c1CN1CCc2ccccc21. The molecule has 1 aliphatic rings. The zero-order valence-electron chi connectivity index (χ0n) is 9.76. The Morgan fingerprint density at radius 2 is 2.28 bits per heavy atom. The van der Waals surface area contributed by atoms with E-state index >= 15 is 0 Å². The smallest absolute Gasteiger partial charge is 0.339 e. The Kier molecular flexibility index (Phi) is 2.51. The fraction of sp³-hybridized carbons (Fsp3) is 0.231. The number of benzene rings is 1. The predicted molar refractivity (Wildman–Crippen MR) is 66.7 cm³/mol. The highest BCUT2D eigenvalue weighted by atomic mass is 16.4. The van der Waals surface area contributed by atoms with Crippen LogP contribution >= 0.6 is 0 Å². The van der Waals surface area contributed by atoms with Crippen molar-refractivity contribution in [1.29, 1.82) is 0 Å². The van der Waals surface area contributed by atoms with Gasteiger partial charge in [0.2, 0.25) is 0 Å². The van der Waals surface area contributed by atoms with Crippen LogP contribution in [0.5, 0.6) is 0 Å². The fourth-order valence-corrected chi connectivity index (χ4v) is 2.38. The van der Waals surface area contributed by atoms with Crippen LogP contribution < -0.4 is 4.90 Å². The van der Waals surface area contributed by atoms with E-state index < -0.39 is 5.97 Å². The number of H-pyrrole nitrogens is 1. The number of hydrogen-bond acceptors (Lipinski definition) is 3. The minimum Gasteiger partial charge on any atom is -0.478 e. The lowest BCUT2D eigenvalue weighted by Crippen LogP contribution is -2.21. The van der Waals surface area contributed by atoms with E-state index in [0.29, 0.717) is 12.2 Å². The summed E-state index contributed by atoms with van der Waals surface area (Å²) in [4.78, 5) is 13.2. The van der Waals surface area contributed by atoms with E-state index in [1.54, 1.807) is 0 Å². The van der Waals surface area contributed by atoms with Gasteiger partial charge >= 0.3 is 5.97 Å². The number of anilines is 1. The monoisotopic (exact) mass is 243 g/mol. The lowest BCUT2D eigenvalue weighted by molar-refractivity contribution is 0.0696. The Bertz CT molecular complexity index is 591. The summed E-state index contributed by atoms with van der Waals surface area (Å²) in [7, 11) is 0. The highest BCUT2D eigenvalue weighted by molar-refractivity contribution is 5.88. The van der Waals surface area contributed by atoms with Crippen LogP contribution in [-0.4, -0.2) is 27.8 Å². The van der Waals surface area contributed by atoms with E-state index in [9.17, 15) is 4.79 Å². The number of fused-ring (bicyclic) bond motifs is 1. The summed E-state index contributed by atoms with van der Waals surface area (Å²) >= 11 is 0. The third kappa shape index (κ3) is 1.73. The molecule has 0 aliphatic carbocycles. The van der Waals surface area contributed by atoms with Crippen molar-refractivity contribution in [3.63, 3.8) is 0 Å². The number of aromatic nitrogens is 2. The standard InChI is InChI=1S/C13H13N3O2/c17-13(18)10-7-14-15-11(10)8-16-6-5-9-3-1-2-4-12(9)16/h1-4,7H,5-6,8H2,(H,14,15)(H,17,18). The molecule has 0 amide bonds. The van der Waals surface area contributed by atoms with Crippen molar-refractivity contribution in [3.05, 3.63) is 47.3 Å². The van der Waals surface area contributed by atoms with E-state index in [1.165, 1.54) is 17.4 Å². The van der Waals surface area contributed by atoms with Crippen LogP contribution in [0, 0.1) is 0 Å². The van der Waals surface area contributed by atoms with Gasteiger partial charge in [0.1, 0.15) is 5.56 Å². The molecule has 1 aromatic carbocycles. The molecule has 0 bridgehead atoms. The number of hydrogen-bond donors (Lipinski definition) is 2. The lowest BCUT2D eigenvalue weighted by Gasteiger charge is -2.18. The third-order valence-corrected chi connectivity index (χ3v) is 3.28. The molecule has 0 saturated carbocycles. The zero-order chi connectivity index (χ0) is 12.5. The summed E-state index contributed by atoms with van der Waals surface area (Å²) in [6.07, 6.45) is 2.37. The Morgan fingerprint density at radius 3 is 3.11 bits per heavy atom. The van der Waals surface area contributed by atoms with Gasteiger partial charge in [-0.05, 0) is 18.1 Å². The highest BCUT2D eigenvalue weighted by Gasteiger charge is 2.21. The molecule has 5 heteroatoms. The van der Waals surface area contributed by atoms with Crippen molar-refractivity contribution >= 4 is 11.7 Å². The summed E-state index contributed by atoms with van der Waals surface area (Å²) in [5, 5.41) is 15.6. The number of rotatable bonds is 3. The first-order chi connectivity index (χ1) is 8.75. The molecule has 18 heavy (non-hydrogen) atoms. The molecule has 0 unspecified atom stereocenters. The van der Waals surface area contributed by atoms with Crippen molar-refractivity contribution in [2.24, 2.45) is 0 Å². The normalized spacial score (nSPS) is 13.7. The number of carboxylic acids is 1. The van der Waals surface area contributed by atoms with Crippen LogP contribution in [0.4, 0.5) is 5.69 Å². The molecule has 92 valence electrons. The maximum absolute atomic E-state index is 11.0. The Hall–Kier alpha value is -2.30. The van der Waals surface area contributed by atoms with Crippen molar-refractivity contribution in [2.45, 2.75) is 13.0 Å². The van der Waals surface area contributed by atoms with Crippen LogP contribution in [0.1, 0.15) is 21.6 Å². The summed E-state index contributed by atoms with van der Waals surface area (Å²) in [5.41, 5.74) is 3.40. The second-order valence-corrected chi connectivity index (χ2v) is 4.37. The molecule has 0 spiro atoms. The first kappa shape index (κ1) is 10.8. The van der Waals surface area contributed by atoms with Gasteiger partial charge in [0.25, 0.3) is 0 Å². The Balaban J connectivity index is 1.86. The average Bonchev–Trinajstić information content (AvgIpc) is 2.97. The van der Waals surface area contributed by atoms with Gasteiger partial charge in [0, 0.05) is 12.2 Å². The van der Waals surface area contributed by atoms with Crippen molar-refractivity contribution < 1.29 is 9.90 Å². The molecule has 0 fully saturated rings. The predicted octanol–water partition coefficient (Wildman–Crippen LogP) is 1.67. The highest BCUT2D eigenvalue weighted by Crippen LogP contribution is 2.28. The van der Waals surface area contributed by atoms with Gasteiger partial charge in [-0.2, -0.15) is 5.10 Å². The number of aromatic carboxylic acids is 1. The minimum absolute atomic E-state index is 0.249. The molecule has 1 aromatic heterocycles. The fourth-order valence-electron chi connectivity index (χ4n) is 2.38. The molecular weight excluding hydrogens is 230 g/mol. The maximum Gasteiger partial charge on any atom is 0.339 e. The molecule has 5 nitrogen and oxygen atoms in total. The van der Waals surface area contributed by atoms with Crippen LogP contribution in [0.3, 0.4) is 0 Å². The molecule has 3 rings (SSSR count). The van der Waals surface area contributed by atoms with Crippen LogP contribution in [0.25, 0.3) is 0 Å². The molecular formula is C13H13N3O2. The summed E-state index contributed by atoms with van der Waals surface area (Å²) in [5.74, 6) is -0.939. The van der Waals surface area contributed by atoms with E-state index in [1.807, 2.05) is 12.1 Å². The summed E-state index contributed by atoms with van der Waals surface area (Å²) < 4.78 is 0. The minimum atomic E-state index is -0.939. The van der Waals surface area contributed by atoms with E-state index in [2.05, 4.69) is 27.2 Å². The van der Waals surface area contributed by atoms with Gasteiger partial charge in [0.05, 0.1) is 18.4 Å². The summed E-state index contributed by atoms with van der Waals surface area (Å²) in [6, 6.07) is 8.21. The van der Waals surface area contributed by atoms with E-state index in [4.69, 9.17) is 5.11 Å². The number of aromatic amines is 1. The molecule has 2 N–H and O–H groups in total. The van der Waals surface area contributed by atoms with Crippen LogP contribution in [-0.2, 0) is 13.0 Å². The summed E-state index contributed by atoms with van der Waals surface area (Å²) in [6.45, 7) is 1.47. The quantitative estimate of drug-likeness (QED) is 0.860. The van der Waals surface area contributed by atoms with Crippen LogP contribution in [0.15, 0.2) is 30.5 Å². The van der Waals surface area contributed by atoms with Gasteiger partial charge in [-0.3, -0.25) is 5.10 Å². The van der Waals surface area contributed by atoms with Gasteiger partial charge in [-0.15, -0.1) is 0 Å². The van der Waals surface area contributed by atoms with Gasteiger partial charge in [0.15, 0.2) is 0 Å². The van der Waals surface area contributed by atoms with E-state index in [-0.39, 0.29) is 5.56 Å². The topological polar surface area (TPSA) is 69.2 Å². The van der Waals surface area contributed by atoms with Crippen LogP contribution in [0.2, 0.25) is 0 Å². The first-order valence-electron chi connectivity index (χ1n) is 5.84. The lowest BCUT2D eigenvalue weighted by atomic mass is 10.2. The van der Waals surface area contributed by atoms with Gasteiger partial charge < -0.3 is 10.0 Å². The number of carbonyl (C=O) groups is 1. The second-order valence-electron chi connectivity index (χ2n) is 4.37. The number of nitrogens with one attached hydrogen (secondary N) is 1. The number of para-hydroxylation sites is 1. The van der Waals surface area contributed by atoms with Gasteiger partial charge in [-0.1, -0.05) is 18.2 Å². The second kappa shape index (κ2) is 4.18. The average molecular weight is 243 g/mol. The Morgan fingerprint density at radius 1 is 1.44 bits per heavy atom. The first-order valence-corrected chi connectivity index (χ1v) is 5.84. The molecule has 0 saturated heterocycles. The molecule has 2 heterocycles. The largest absolute Gasteiger partial charge is 0.478 e.